The quantitative estimate of drug-likeness (QED) is 0.220. The van der Waals surface area contributed by atoms with Gasteiger partial charge in [-0.25, -0.2) is 0 Å². The molecule has 200 valence electrons. The number of carbonyl (C=O) groups is 2. The third kappa shape index (κ3) is 6.48. The number of carboxylic acids is 1. The third-order valence-corrected chi connectivity index (χ3v) is 6.79. The summed E-state index contributed by atoms with van der Waals surface area (Å²) in [7, 11) is 0. The standard InChI is InChI=1S/C25H26Cl2N6O5/c26-16-12-29-13-17(27)20(16)32-25(38)15-3-1-14(2-4-15)18(11-19(34)35)31-22-21(23(36)24(22)37)30-7-10-33-8-5-28-6-9-33/h1-4,12-13,18,28,30-31H,5-11H2,(H,34,35)(H,29,32,38). The molecule has 1 aliphatic rings. The molecule has 5 N–H and O–H groups in total. The van der Waals surface area contributed by atoms with E-state index in [1.807, 2.05) is 0 Å². The molecule has 2 heterocycles. The predicted octanol–water partition coefficient (Wildman–Crippen LogP) is 2.18. The van der Waals surface area contributed by atoms with Crippen LogP contribution in [-0.2, 0) is 4.79 Å². The fraction of sp³-hybridized carbons (Fsp3) is 0.320. The predicted molar refractivity (Wildman–Crippen MR) is 146 cm³/mol. The lowest BCUT2D eigenvalue weighted by Gasteiger charge is -2.27. The highest BCUT2D eigenvalue weighted by molar-refractivity contribution is 6.39. The van der Waals surface area contributed by atoms with Gasteiger partial charge in [0.15, 0.2) is 0 Å². The minimum Gasteiger partial charge on any atom is -0.481 e. The zero-order valence-electron chi connectivity index (χ0n) is 20.2. The molecular formula is C25H26Cl2N6O5. The Balaban J connectivity index is 1.45. The molecular weight excluding hydrogens is 535 g/mol. The summed E-state index contributed by atoms with van der Waals surface area (Å²) in [6, 6.07) is 5.37. The van der Waals surface area contributed by atoms with Crippen molar-refractivity contribution in [3.05, 3.63) is 78.3 Å². The van der Waals surface area contributed by atoms with Crippen LogP contribution in [0.15, 0.2) is 46.2 Å². The normalized spacial score (nSPS) is 14.7. The Labute approximate surface area is 227 Å². The fourth-order valence-corrected chi connectivity index (χ4v) is 4.62. The molecule has 1 fully saturated rings. The smallest absolute Gasteiger partial charge is 0.305 e. The Morgan fingerprint density at radius 1 is 1.00 bits per heavy atom. The molecule has 1 saturated heterocycles. The maximum absolute atomic E-state index is 12.7. The van der Waals surface area contributed by atoms with Crippen LogP contribution in [-0.4, -0.2) is 66.1 Å². The SMILES string of the molecule is O=C(O)CC(Nc1c(NCCN2CCNCC2)c(=O)c1=O)c1ccc(C(=O)Nc2c(Cl)cncc2Cl)cc1. The minimum absolute atomic E-state index is 0.0605. The van der Waals surface area contributed by atoms with Crippen LogP contribution in [0.1, 0.15) is 28.4 Å². The Bertz CT molecular complexity index is 1360. The molecule has 1 aliphatic heterocycles. The second-order valence-electron chi connectivity index (χ2n) is 8.78. The van der Waals surface area contributed by atoms with Crippen LogP contribution in [0.4, 0.5) is 17.1 Å². The largest absolute Gasteiger partial charge is 0.481 e. The Hall–Kier alpha value is -3.51. The van der Waals surface area contributed by atoms with Crippen molar-refractivity contribution in [3.63, 3.8) is 0 Å². The zero-order chi connectivity index (χ0) is 27.2. The van der Waals surface area contributed by atoms with Gasteiger partial charge >= 0.3 is 5.97 Å². The molecule has 1 atom stereocenters. The van der Waals surface area contributed by atoms with Crippen molar-refractivity contribution in [1.82, 2.24) is 15.2 Å². The lowest BCUT2D eigenvalue weighted by molar-refractivity contribution is -0.137. The van der Waals surface area contributed by atoms with E-state index in [2.05, 4.69) is 31.2 Å². The number of carboxylic acid groups (broad SMARTS) is 1. The van der Waals surface area contributed by atoms with E-state index in [1.54, 1.807) is 12.1 Å². The van der Waals surface area contributed by atoms with E-state index in [1.165, 1.54) is 24.5 Å². The summed E-state index contributed by atoms with van der Waals surface area (Å²) in [6.07, 6.45) is 2.35. The number of amides is 1. The van der Waals surface area contributed by atoms with Gasteiger partial charge in [-0.3, -0.25) is 29.1 Å². The van der Waals surface area contributed by atoms with Gasteiger partial charge in [0.2, 0.25) is 0 Å². The summed E-state index contributed by atoms with van der Waals surface area (Å²) < 4.78 is 0. The number of piperazine rings is 1. The molecule has 11 nitrogen and oxygen atoms in total. The first-order chi connectivity index (χ1) is 18.2. The highest BCUT2D eigenvalue weighted by atomic mass is 35.5. The zero-order valence-corrected chi connectivity index (χ0v) is 21.7. The van der Waals surface area contributed by atoms with E-state index >= 15 is 0 Å². The van der Waals surface area contributed by atoms with E-state index in [-0.39, 0.29) is 39.1 Å². The molecule has 1 amide bonds. The average Bonchev–Trinajstić information content (AvgIpc) is 2.91. The highest BCUT2D eigenvalue weighted by Gasteiger charge is 2.26. The van der Waals surface area contributed by atoms with Crippen molar-refractivity contribution in [1.29, 1.82) is 0 Å². The third-order valence-electron chi connectivity index (χ3n) is 6.21. The van der Waals surface area contributed by atoms with Crippen LogP contribution in [0.5, 0.6) is 0 Å². The van der Waals surface area contributed by atoms with Crippen LogP contribution in [0.25, 0.3) is 0 Å². The first-order valence-electron chi connectivity index (χ1n) is 11.9. The van der Waals surface area contributed by atoms with Crippen molar-refractivity contribution in [2.75, 3.05) is 55.2 Å². The molecule has 0 radical (unpaired) electrons. The van der Waals surface area contributed by atoms with Gasteiger partial charge in [-0.05, 0) is 17.7 Å². The molecule has 13 heteroatoms. The van der Waals surface area contributed by atoms with Crippen molar-refractivity contribution in [3.8, 4) is 0 Å². The summed E-state index contributed by atoms with van der Waals surface area (Å²) in [5.74, 6) is -1.58. The second kappa shape index (κ2) is 12.4. The summed E-state index contributed by atoms with van der Waals surface area (Å²) in [5.41, 5.74) is -0.109. The molecule has 3 aromatic rings. The molecule has 4 rings (SSSR count). The molecule has 1 aromatic heterocycles. The summed E-state index contributed by atoms with van der Waals surface area (Å²) >= 11 is 12.1. The van der Waals surface area contributed by atoms with E-state index < -0.39 is 28.8 Å². The summed E-state index contributed by atoms with van der Waals surface area (Å²) in [6.45, 7) is 4.77. The first kappa shape index (κ1) is 27.5. The molecule has 0 spiro atoms. The molecule has 0 aliphatic carbocycles. The van der Waals surface area contributed by atoms with Crippen molar-refractivity contribution in [2.24, 2.45) is 0 Å². The number of hydrogen-bond donors (Lipinski definition) is 5. The molecule has 38 heavy (non-hydrogen) atoms. The number of halogens is 2. The first-order valence-corrected chi connectivity index (χ1v) is 12.7. The number of rotatable bonds is 11. The Kier molecular flexibility index (Phi) is 8.95. The molecule has 0 bridgehead atoms. The van der Waals surface area contributed by atoms with Gasteiger partial charge in [0.25, 0.3) is 16.8 Å². The monoisotopic (exact) mass is 560 g/mol. The number of nitrogens with one attached hydrogen (secondary N) is 4. The molecule has 2 aromatic carbocycles. The number of hydrogen-bond acceptors (Lipinski definition) is 9. The molecule has 0 saturated carbocycles. The second-order valence-corrected chi connectivity index (χ2v) is 9.59. The van der Waals surface area contributed by atoms with Gasteiger partial charge in [0, 0.05) is 57.2 Å². The van der Waals surface area contributed by atoms with E-state index in [9.17, 15) is 24.3 Å². The van der Waals surface area contributed by atoms with Crippen molar-refractivity contribution >= 4 is 52.1 Å². The van der Waals surface area contributed by atoms with Gasteiger partial charge in [-0.2, -0.15) is 0 Å². The van der Waals surface area contributed by atoms with Gasteiger partial charge in [0.1, 0.15) is 11.4 Å². The van der Waals surface area contributed by atoms with Crippen molar-refractivity contribution in [2.45, 2.75) is 12.5 Å². The van der Waals surface area contributed by atoms with Gasteiger partial charge in [-0.15, -0.1) is 0 Å². The number of aliphatic carboxylic acids is 1. The van der Waals surface area contributed by atoms with Crippen LogP contribution in [0.2, 0.25) is 10.0 Å². The van der Waals surface area contributed by atoms with Crippen LogP contribution >= 0.6 is 23.2 Å². The maximum Gasteiger partial charge on any atom is 0.305 e. The van der Waals surface area contributed by atoms with Gasteiger partial charge < -0.3 is 26.4 Å². The summed E-state index contributed by atoms with van der Waals surface area (Å²) in [4.78, 5) is 54.8. The van der Waals surface area contributed by atoms with E-state index in [0.717, 1.165) is 26.2 Å². The highest BCUT2D eigenvalue weighted by Crippen LogP contribution is 2.30. The Morgan fingerprint density at radius 3 is 2.26 bits per heavy atom. The van der Waals surface area contributed by atoms with Crippen molar-refractivity contribution < 1.29 is 14.7 Å². The fourth-order valence-electron chi connectivity index (χ4n) is 4.16. The topological polar surface area (TPSA) is 153 Å². The number of anilines is 3. The van der Waals surface area contributed by atoms with E-state index in [4.69, 9.17) is 23.2 Å². The number of pyridine rings is 1. The Morgan fingerprint density at radius 2 is 1.63 bits per heavy atom. The summed E-state index contributed by atoms with van der Waals surface area (Å²) in [5, 5.41) is 21.7. The van der Waals surface area contributed by atoms with Gasteiger partial charge in [0.05, 0.1) is 28.2 Å². The van der Waals surface area contributed by atoms with Crippen LogP contribution in [0, 0.1) is 0 Å². The lowest BCUT2D eigenvalue weighted by Crippen LogP contribution is -2.45. The van der Waals surface area contributed by atoms with Crippen LogP contribution < -0.4 is 32.1 Å². The van der Waals surface area contributed by atoms with Crippen LogP contribution in [0.3, 0.4) is 0 Å². The minimum atomic E-state index is -1.10. The van der Waals surface area contributed by atoms with E-state index in [0.29, 0.717) is 18.7 Å². The average molecular weight is 561 g/mol. The molecule has 1 unspecified atom stereocenters. The number of nitrogens with zero attached hydrogens (tertiary/aromatic N) is 2. The number of aromatic nitrogens is 1. The number of benzene rings is 1. The van der Waals surface area contributed by atoms with Gasteiger partial charge in [-0.1, -0.05) is 35.3 Å². The lowest BCUT2D eigenvalue weighted by atomic mass is 10.0. The number of carbonyl (C=O) groups excluding carboxylic acids is 1. The maximum atomic E-state index is 12.7.